The quantitative estimate of drug-likeness (QED) is 0.734. The minimum atomic E-state index is 0.950. The van der Waals surface area contributed by atoms with Crippen LogP contribution in [0.25, 0.3) is 0 Å². The van der Waals surface area contributed by atoms with E-state index in [1.807, 2.05) is 19.2 Å². The molecule has 1 aliphatic heterocycles. The Bertz CT molecular complexity index is 358. The molecule has 0 saturated heterocycles. The van der Waals surface area contributed by atoms with Crippen molar-refractivity contribution in [2.45, 2.75) is 13.3 Å². The lowest BCUT2D eigenvalue weighted by Crippen LogP contribution is -2.23. The van der Waals surface area contributed by atoms with Crippen molar-refractivity contribution in [2.75, 3.05) is 25.0 Å². The first-order chi connectivity index (χ1) is 7.34. The van der Waals surface area contributed by atoms with E-state index >= 15 is 0 Å². The van der Waals surface area contributed by atoms with Crippen molar-refractivity contribution < 1.29 is 0 Å². The summed E-state index contributed by atoms with van der Waals surface area (Å²) in [4.78, 5) is 4.17. The summed E-state index contributed by atoms with van der Waals surface area (Å²) in [5.74, 6) is 0. The van der Waals surface area contributed by atoms with Gasteiger partial charge in [-0.25, -0.2) is 0 Å². The number of aryl methyl sites for hydroxylation is 1. The SMILES string of the molecule is Cc1cc(NCC2=CCNCC2)ccn1. The zero-order chi connectivity index (χ0) is 10.5. The highest BCUT2D eigenvalue weighted by Gasteiger charge is 2.02. The zero-order valence-electron chi connectivity index (χ0n) is 9.09. The van der Waals surface area contributed by atoms with Gasteiger partial charge < -0.3 is 10.6 Å². The molecule has 2 N–H and O–H groups in total. The predicted octanol–water partition coefficient (Wildman–Crippen LogP) is 1.72. The van der Waals surface area contributed by atoms with Crippen LogP contribution in [0.15, 0.2) is 30.0 Å². The fraction of sp³-hybridized carbons (Fsp3) is 0.417. The first kappa shape index (κ1) is 10.2. The van der Waals surface area contributed by atoms with Crippen molar-refractivity contribution in [1.29, 1.82) is 0 Å². The molecule has 0 aromatic carbocycles. The molecule has 0 aliphatic carbocycles. The van der Waals surface area contributed by atoms with Crippen LogP contribution in [0.1, 0.15) is 12.1 Å². The maximum absolute atomic E-state index is 4.17. The third kappa shape index (κ3) is 3.06. The molecule has 1 aromatic heterocycles. The van der Waals surface area contributed by atoms with Crippen LogP contribution < -0.4 is 10.6 Å². The second-order valence-electron chi connectivity index (χ2n) is 3.86. The summed E-state index contributed by atoms with van der Waals surface area (Å²) in [5, 5.41) is 6.73. The number of anilines is 1. The summed E-state index contributed by atoms with van der Waals surface area (Å²) in [6, 6.07) is 4.08. The third-order valence-corrected chi connectivity index (χ3v) is 2.57. The van der Waals surface area contributed by atoms with Crippen LogP contribution >= 0.6 is 0 Å². The van der Waals surface area contributed by atoms with Crippen molar-refractivity contribution in [2.24, 2.45) is 0 Å². The third-order valence-electron chi connectivity index (χ3n) is 2.57. The van der Waals surface area contributed by atoms with Gasteiger partial charge in [-0.2, -0.15) is 0 Å². The molecule has 0 amide bonds. The standard InChI is InChI=1S/C12H17N3/c1-10-8-12(4-7-14-10)15-9-11-2-5-13-6-3-11/h2,4,7-8,13H,3,5-6,9H2,1H3,(H,14,15). The molecule has 0 fully saturated rings. The number of hydrogen-bond donors (Lipinski definition) is 2. The molecule has 0 radical (unpaired) electrons. The lowest BCUT2D eigenvalue weighted by Gasteiger charge is -2.15. The average molecular weight is 203 g/mol. The van der Waals surface area contributed by atoms with Crippen LogP contribution in [0.2, 0.25) is 0 Å². The molecule has 15 heavy (non-hydrogen) atoms. The van der Waals surface area contributed by atoms with Gasteiger partial charge in [0.05, 0.1) is 0 Å². The van der Waals surface area contributed by atoms with Gasteiger partial charge in [0.2, 0.25) is 0 Å². The number of nitrogens with one attached hydrogen (secondary N) is 2. The van der Waals surface area contributed by atoms with E-state index in [9.17, 15) is 0 Å². The van der Waals surface area contributed by atoms with Crippen LogP contribution in [0.5, 0.6) is 0 Å². The highest BCUT2D eigenvalue weighted by molar-refractivity contribution is 5.44. The van der Waals surface area contributed by atoms with Crippen molar-refractivity contribution in [3.63, 3.8) is 0 Å². The summed E-state index contributed by atoms with van der Waals surface area (Å²) in [6.45, 7) is 5.06. The number of rotatable bonds is 3. The normalized spacial score (nSPS) is 15.9. The van der Waals surface area contributed by atoms with Gasteiger partial charge in [0, 0.05) is 30.7 Å². The minimum Gasteiger partial charge on any atom is -0.381 e. The maximum Gasteiger partial charge on any atom is 0.0393 e. The Balaban J connectivity index is 1.90. The topological polar surface area (TPSA) is 37.0 Å². The Morgan fingerprint density at radius 3 is 3.20 bits per heavy atom. The van der Waals surface area contributed by atoms with Gasteiger partial charge in [0.25, 0.3) is 0 Å². The Kier molecular flexibility index (Phi) is 3.35. The highest BCUT2D eigenvalue weighted by Crippen LogP contribution is 2.10. The molecule has 0 bridgehead atoms. The molecular formula is C12H17N3. The molecule has 1 aliphatic rings. The molecule has 0 saturated carbocycles. The van der Waals surface area contributed by atoms with Gasteiger partial charge in [0.15, 0.2) is 0 Å². The average Bonchev–Trinajstić information content (AvgIpc) is 2.28. The molecule has 2 heterocycles. The van der Waals surface area contributed by atoms with E-state index < -0.39 is 0 Å². The van der Waals surface area contributed by atoms with E-state index in [2.05, 4.69) is 27.8 Å². The van der Waals surface area contributed by atoms with Gasteiger partial charge in [-0.3, -0.25) is 4.98 Å². The van der Waals surface area contributed by atoms with Crippen LogP contribution in [-0.2, 0) is 0 Å². The minimum absolute atomic E-state index is 0.950. The first-order valence-corrected chi connectivity index (χ1v) is 5.40. The van der Waals surface area contributed by atoms with Crippen LogP contribution in [-0.4, -0.2) is 24.6 Å². The van der Waals surface area contributed by atoms with E-state index in [1.54, 1.807) is 0 Å². The predicted molar refractivity (Wildman–Crippen MR) is 63.0 cm³/mol. The van der Waals surface area contributed by atoms with E-state index in [0.717, 1.165) is 37.4 Å². The Morgan fingerprint density at radius 1 is 1.53 bits per heavy atom. The number of nitrogens with zero attached hydrogens (tertiary/aromatic N) is 1. The number of pyridine rings is 1. The number of aromatic nitrogens is 1. The van der Waals surface area contributed by atoms with Gasteiger partial charge in [-0.05, 0) is 32.0 Å². The molecule has 3 nitrogen and oxygen atoms in total. The first-order valence-electron chi connectivity index (χ1n) is 5.40. The zero-order valence-corrected chi connectivity index (χ0v) is 9.09. The second kappa shape index (κ2) is 4.94. The van der Waals surface area contributed by atoms with E-state index in [-0.39, 0.29) is 0 Å². The Morgan fingerprint density at radius 2 is 2.47 bits per heavy atom. The lowest BCUT2D eigenvalue weighted by atomic mass is 10.1. The van der Waals surface area contributed by atoms with Crippen molar-refractivity contribution in [1.82, 2.24) is 10.3 Å². The summed E-state index contributed by atoms with van der Waals surface area (Å²) in [7, 11) is 0. The Labute approximate surface area is 90.6 Å². The van der Waals surface area contributed by atoms with Crippen molar-refractivity contribution in [3.8, 4) is 0 Å². The van der Waals surface area contributed by atoms with Gasteiger partial charge in [-0.15, -0.1) is 0 Å². The van der Waals surface area contributed by atoms with Gasteiger partial charge in [-0.1, -0.05) is 11.6 Å². The van der Waals surface area contributed by atoms with Crippen molar-refractivity contribution >= 4 is 5.69 Å². The van der Waals surface area contributed by atoms with E-state index in [0.29, 0.717) is 0 Å². The maximum atomic E-state index is 4.17. The molecular weight excluding hydrogens is 186 g/mol. The van der Waals surface area contributed by atoms with Crippen LogP contribution in [0.4, 0.5) is 5.69 Å². The van der Waals surface area contributed by atoms with Crippen LogP contribution in [0, 0.1) is 6.92 Å². The molecule has 1 aromatic rings. The molecule has 2 rings (SSSR count). The molecule has 3 heteroatoms. The summed E-state index contributed by atoms with van der Waals surface area (Å²) in [5.41, 5.74) is 3.70. The molecule has 0 unspecified atom stereocenters. The fourth-order valence-electron chi connectivity index (χ4n) is 1.70. The fourth-order valence-corrected chi connectivity index (χ4v) is 1.70. The monoisotopic (exact) mass is 203 g/mol. The molecule has 80 valence electrons. The number of hydrogen-bond acceptors (Lipinski definition) is 3. The van der Waals surface area contributed by atoms with Gasteiger partial charge in [0.1, 0.15) is 0 Å². The lowest BCUT2D eigenvalue weighted by molar-refractivity contribution is 0.698. The largest absolute Gasteiger partial charge is 0.381 e. The van der Waals surface area contributed by atoms with Gasteiger partial charge >= 0.3 is 0 Å². The summed E-state index contributed by atoms with van der Waals surface area (Å²) in [6.07, 6.45) is 5.26. The van der Waals surface area contributed by atoms with Crippen LogP contribution in [0.3, 0.4) is 0 Å². The highest BCUT2D eigenvalue weighted by atomic mass is 14.9. The Hall–Kier alpha value is -1.35. The van der Waals surface area contributed by atoms with E-state index in [1.165, 1.54) is 5.57 Å². The van der Waals surface area contributed by atoms with E-state index in [4.69, 9.17) is 0 Å². The molecule has 0 atom stereocenters. The summed E-state index contributed by atoms with van der Waals surface area (Å²) >= 11 is 0. The second-order valence-corrected chi connectivity index (χ2v) is 3.86. The smallest absolute Gasteiger partial charge is 0.0393 e. The van der Waals surface area contributed by atoms with Crippen molar-refractivity contribution in [3.05, 3.63) is 35.7 Å². The molecule has 0 spiro atoms. The summed E-state index contributed by atoms with van der Waals surface area (Å²) < 4.78 is 0.